The Hall–Kier alpha value is -3.19. The normalized spacial score (nSPS) is 11.6. The molecule has 1 heterocycles. The van der Waals surface area contributed by atoms with Crippen molar-refractivity contribution < 1.29 is 27.1 Å². The lowest BCUT2D eigenvalue weighted by Gasteiger charge is -2.08. The Morgan fingerprint density at radius 2 is 1.55 bits per heavy atom. The number of hydrogen-bond acceptors (Lipinski definition) is 4. The van der Waals surface area contributed by atoms with Gasteiger partial charge in [-0.3, -0.25) is 0 Å². The summed E-state index contributed by atoms with van der Waals surface area (Å²) in [5.41, 5.74) is 1.19. The van der Waals surface area contributed by atoms with Crippen LogP contribution >= 0.6 is 11.6 Å². The molecule has 0 saturated carbocycles. The molecule has 0 radical (unpaired) electrons. The molecule has 8 heteroatoms. The molecule has 0 amide bonds. The van der Waals surface area contributed by atoms with Gasteiger partial charge in [0.15, 0.2) is 5.58 Å². The average molecular weight is 448 g/mol. The number of nitrogens with zero attached hydrogens (tertiary/aromatic N) is 1. The van der Waals surface area contributed by atoms with E-state index in [9.17, 15) is 13.2 Å². The number of halogens is 4. The molecule has 0 aliphatic heterocycles. The van der Waals surface area contributed by atoms with Gasteiger partial charge in [-0.05, 0) is 67.1 Å². The lowest BCUT2D eigenvalue weighted by Crippen LogP contribution is -2.03. The van der Waals surface area contributed by atoms with Gasteiger partial charge in [0.1, 0.15) is 22.8 Å². The van der Waals surface area contributed by atoms with Gasteiger partial charge in [0.2, 0.25) is 5.89 Å². The second-order valence-electron chi connectivity index (χ2n) is 6.69. The minimum Gasteiger partial charge on any atom is -0.494 e. The minimum absolute atomic E-state index is 0.289. The third kappa shape index (κ3) is 5.11. The number of rotatable bonds is 7. The fourth-order valence-corrected chi connectivity index (χ4v) is 2.99. The molecular formula is C23H17ClF3NO3. The minimum atomic E-state index is -4.39. The SMILES string of the molecule is FC(F)(F)c1ccc(Oc2ccc3nc(-c4ccc(OCCCCl)cc4)oc3c2)cc1. The standard InChI is InChI=1S/C23H17ClF3NO3/c24-12-1-13-29-17-6-2-15(3-7-17)22-28-20-11-10-19(14-21(20)31-22)30-18-8-4-16(5-9-18)23(25,26)27/h2-11,14H,1,12-13H2. The van der Waals surface area contributed by atoms with Gasteiger partial charge in [-0.15, -0.1) is 11.6 Å². The highest BCUT2D eigenvalue weighted by atomic mass is 35.5. The second-order valence-corrected chi connectivity index (χ2v) is 7.07. The van der Waals surface area contributed by atoms with E-state index in [0.717, 1.165) is 29.9 Å². The highest BCUT2D eigenvalue weighted by Gasteiger charge is 2.30. The molecule has 4 rings (SSSR count). The summed E-state index contributed by atoms with van der Waals surface area (Å²) < 4.78 is 55.1. The number of fused-ring (bicyclic) bond motifs is 1. The predicted molar refractivity (Wildman–Crippen MR) is 112 cm³/mol. The molecule has 0 N–H and O–H groups in total. The lowest BCUT2D eigenvalue weighted by molar-refractivity contribution is -0.137. The first-order valence-corrected chi connectivity index (χ1v) is 10.0. The molecule has 0 fully saturated rings. The summed E-state index contributed by atoms with van der Waals surface area (Å²) in [5, 5.41) is 0. The highest BCUT2D eigenvalue weighted by Crippen LogP contribution is 2.33. The van der Waals surface area contributed by atoms with Crippen LogP contribution < -0.4 is 9.47 Å². The zero-order chi connectivity index (χ0) is 21.8. The monoisotopic (exact) mass is 447 g/mol. The maximum Gasteiger partial charge on any atom is 0.416 e. The summed E-state index contributed by atoms with van der Waals surface area (Å²) in [6.45, 7) is 0.549. The predicted octanol–water partition coefficient (Wildman–Crippen LogP) is 7.31. The molecule has 4 nitrogen and oxygen atoms in total. The van der Waals surface area contributed by atoms with E-state index in [1.165, 1.54) is 12.1 Å². The van der Waals surface area contributed by atoms with Crippen molar-refractivity contribution in [3.8, 4) is 28.7 Å². The van der Waals surface area contributed by atoms with Crippen LogP contribution in [0.3, 0.4) is 0 Å². The van der Waals surface area contributed by atoms with Gasteiger partial charge >= 0.3 is 6.18 Å². The van der Waals surface area contributed by atoms with E-state index in [0.29, 0.717) is 35.2 Å². The van der Waals surface area contributed by atoms with Gasteiger partial charge in [-0.1, -0.05) is 0 Å². The van der Waals surface area contributed by atoms with Gasteiger partial charge in [0.05, 0.1) is 12.2 Å². The van der Waals surface area contributed by atoms with Crippen molar-refractivity contribution in [1.29, 1.82) is 0 Å². The first-order chi connectivity index (χ1) is 14.9. The number of oxazole rings is 1. The third-order valence-electron chi connectivity index (χ3n) is 4.43. The summed E-state index contributed by atoms with van der Waals surface area (Å²) in [5.74, 6) is 2.44. The molecule has 0 unspecified atom stereocenters. The van der Waals surface area contributed by atoms with E-state index in [1.807, 2.05) is 24.3 Å². The van der Waals surface area contributed by atoms with E-state index in [2.05, 4.69) is 4.98 Å². The van der Waals surface area contributed by atoms with Crippen molar-refractivity contribution in [3.63, 3.8) is 0 Å². The van der Waals surface area contributed by atoms with Crippen LogP contribution in [0.5, 0.6) is 17.2 Å². The van der Waals surface area contributed by atoms with Crippen LogP contribution in [0.2, 0.25) is 0 Å². The van der Waals surface area contributed by atoms with Crippen molar-refractivity contribution in [2.75, 3.05) is 12.5 Å². The fraction of sp³-hybridized carbons (Fsp3) is 0.174. The van der Waals surface area contributed by atoms with Crippen molar-refractivity contribution in [3.05, 3.63) is 72.3 Å². The third-order valence-corrected chi connectivity index (χ3v) is 4.69. The molecule has 31 heavy (non-hydrogen) atoms. The maximum absolute atomic E-state index is 12.7. The zero-order valence-corrected chi connectivity index (χ0v) is 16.9. The van der Waals surface area contributed by atoms with E-state index in [-0.39, 0.29) is 5.75 Å². The Morgan fingerprint density at radius 3 is 2.23 bits per heavy atom. The summed E-state index contributed by atoms with van der Waals surface area (Å²) in [6, 6.07) is 16.9. The summed E-state index contributed by atoms with van der Waals surface area (Å²) in [4.78, 5) is 4.47. The van der Waals surface area contributed by atoms with Crippen LogP contribution in [0.15, 0.2) is 71.1 Å². The first-order valence-electron chi connectivity index (χ1n) is 9.47. The number of aromatic nitrogens is 1. The molecule has 3 aromatic carbocycles. The number of hydrogen-bond donors (Lipinski definition) is 0. The smallest absolute Gasteiger partial charge is 0.416 e. The van der Waals surface area contributed by atoms with Crippen molar-refractivity contribution >= 4 is 22.7 Å². The maximum atomic E-state index is 12.7. The van der Waals surface area contributed by atoms with Crippen LogP contribution in [-0.2, 0) is 6.18 Å². The Kier molecular flexibility index (Phi) is 6.04. The summed E-state index contributed by atoms with van der Waals surface area (Å²) in [7, 11) is 0. The largest absolute Gasteiger partial charge is 0.494 e. The fourth-order valence-electron chi connectivity index (χ4n) is 2.88. The molecule has 0 atom stereocenters. The van der Waals surface area contributed by atoms with Gasteiger partial charge in [-0.25, -0.2) is 4.98 Å². The molecule has 4 aromatic rings. The van der Waals surface area contributed by atoms with Gasteiger partial charge in [0, 0.05) is 17.5 Å². The van der Waals surface area contributed by atoms with Crippen molar-refractivity contribution in [1.82, 2.24) is 4.98 Å². The topological polar surface area (TPSA) is 44.5 Å². The van der Waals surface area contributed by atoms with Crippen molar-refractivity contribution in [2.45, 2.75) is 12.6 Å². The van der Waals surface area contributed by atoms with E-state index >= 15 is 0 Å². The number of benzene rings is 3. The molecule has 0 aliphatic carbocycles. The number of alkyl halides is 4. The summed E-state index contributed by atoms with van der Waals surface area (Å²) >= 11 is 5.64. The quantitative estimate of drug-likeness (QED) is 0.220. The molecule has 0 aliphatic rings. The molecule has 1 aromatic heterocycles. The molecule has 0 spiro atoms. The van der Waals surface area contributed by atoms with Crippen LogP contribution in [0.25, 0.3) is 22.6 Å². The van der Waals surface area contributed by atoms with E-state index in [4.69, 9.17) is 25.5 Å². The Bertz CT molecular complexity index is 1160. The van der Waals surface area contributed by atoms with Crippen LogP contribution in [0.4, 0.5) is 13.2 Å². The Labute approximate surface area is 181 Å². The second kappa shape index (κ2) is 8.89. The average Bonchev–Trinajstić information content (AvgIpc) is 3.18. The summed E-state index contributed by atoms with van der Waals surface area (Å²) in [6.07, 6.45) is -3.62. The number of ether oxygens (including phenoxy) is 2. The lowest BCUT2D eigenvalue weighted by atomic mass is 10.2. The highest BCUT2D eigenvalue weighted by molar-refractivity contribution is 6.17. The first kappa shape index (κ1) is 21.1. The van der Waals surface area contributed by atoms with Crippen molar-refractivity contribution in [2.24, 2.45) is 0 Å². The van der Waals surface area contributed by atoms with Crippen LogP contribution in [0.1, 0.15) is 12.0 Å². The van der Waals surface area contributed by atoms with Crippen LogP contribution in [-0.4, -0.2) is 17.5 Å². The van der Waals surface area contributed by atoms with Gasteiger partial charge < -0.3 is 13.9 Å². The molecule has 0 saturated heterocycles. The van der Waals surface area contributed by atoms with E-state index in [1.54, 1.807) is 18.2 Å². The van der Waals surface area contributed by atoms with Gasteiger partial charge in [0.25, 0.3) is 0 Å². The molecular weight excluding hydrogens is 431 g/mol. The van der Waals surface area contributed by atoms with Crippen LogP contribution in [0, 0.1) is 0 Å². The Balaban J connectivity index is 1.49. The molecule has 160 valence electrons. The molecule has 0 bridgehead atoms. The van der Waals surface area contributed by atoms with Gasteiger partial charge in [-0.2, -0.15) is 13.2 Å². The Morgan fingerprint density at radius 1 is 0.871 bits per heavy atom. The van der Waals surface area contributed by atoms with E-state index < -0.39 is 11.7 Å². The zero-order valence-electron chi connectivity index (χ0n) is 16.2.